The third-order valence-electron chi connectivity index (χ3n) is 2.33. The van der Waals surface area contributed by atoms with Gasteiger partial charge in [0.05, 0.1) is 12.0 Å². The summed E-state index contributed by atoms with van der Waals surface area (Å²) in [5.41, 5.74) is -1.29. The van der Waals surface area contributed by atoms with Crippen LogP contribution in [0.1, 0.15) is 16.8 Å². The zero-order valence-electron chi connectivity index (χ0n) is 9.99. The Balaban J connectivity index is 3.09. The highest BCUT2D eigenvalue weighted by Crippen LogP contribution is 2.18. The van der Waals surface area contributed by atoms with Crippen molar-refractivity contribution in [2.45, 2.75) is 12.5 Å². The van der Waals surface area contributed by atoms with Gasteiger partial charge in [-0.1, -0.05) is 0 Å². The van der Waals surface area contributed by atoms with Crippen molar-refractivity contribution in [3.8, 4) is 0 Å². The molecule has 0 radical (unpaired) electrons. The molecule has 0 saturated carbocycles. The predicted octanol–water partition coefficient (Wildman–Crippen LogP) is 0.901. The normalized spacial score (nSPS) is 11.8. The molecule has 21 heavy (non-hydrogen) atoms. The number of rotatable bonds is 5. The van der Waals surface area contributed by atoms with Gasteiger partial charge in [0.2, 0.25) is 0 Å². The number of hydrogen-bond donors (Lipinski definition) is 3. The van der Waals surface area contributed by atoms with Crippen molar-refractivity contribution in [2.75, 3.05) is 0 Å². The summed E-state index contributed by atoms with van der Waals surface area (Å²) in [4.78, 5) is 32.6. The smallest absolute Gasteiger partial charge is 0.326 e. The van der Waals surface area contributed by atoms with E-state index in [4.69, 9.17) is 10.2 Å². The molecular formula is C11H7F4NO5. The van der Waals surface area contributed by atoms with Crippen LogP contribution in [0.5, 0.6) is 0 Å². The molecule has 3 N–H and O–H groups in total. The number of benzene rings is 1. The lowest BCUT2D eigenvalue weighted by Gasteiger charge is -2.13. The maximum absolute atomic E-state index is 13.3. The Morgan fingerprint density at radius 2 is 1.62 bits per heavy atom. The van der Waals surface area contributed by atoms with Gasteiger partial charge in [-0.15, -0.1) is 0 Å². The molecule has 0 aliphatic heterocycles. The summed E-state index contributed by atoms with van der Waals surface area (Å²) < 4.78 is 51.9. The number of amides is 1. The minimum absolute atomic E-state index is 0.0305. The van der Waals surface area contributed by atoms with Crippen LogP contribution in [-0.4, -0.2) is 34.1 Å². The molecule has 0 saturated heterocycles. The number of carboxylic acid groups (broad SMARTS) is 2. The summed E-state index contributed by atoms with van der Waals surface area (Å²) in [5, 5.41) is 18.7. The van der Waals surface area contributed by atoms with E-state index in [1.54, 1.807) is 5.32 Å². The molecule has 0 aromatic heterocycles. The monoisotopic (exact) mass is 309 g/mol. The number of aliphatic carboxylic acids is 2. The second-order valence-electron chi connectivity index (χ2n) is 3.81. The predicted molar refractivity (Wildman–Crippen MR) is 57.4 cm³/mol. The van der Waals surface area contributed by atoms with Crippen molar-refractivity contribution in [1.29, 1.82) is 0 Å². The van der Waals surface area contributed by atoms with Crippen LogP contribution in [0.25, 0.3) is 0 Å². The Labute approximate surface area is 114 Å². The molecule has 6 nitrogen and oxygen atoms in total. The van der Waals surface area contributed by atoms with Crippen LogP contribution < -0.4 is 5.32 Å². The van der Waals surface area contributed by atoms with Gasteiger partial charge < -0.3 is 15.5 Å². The molecule has 0 fully saturated rings. The molecule has 0 spiro atoms. The minimum atomic E-state index is -2.25. The summed E-state index contributed by atoms with van der Waals surface area (Å²) in [6, 6.07) is -1.92. The second kappa shape index (κ2) is 6.20. The first-order chi connectivity index (χ1) is 9.65. The van der Waals surface area contributed by atoms with Gasteiger partial charge in [-0.05, 0) is 6.07 Å². The Kier molecular flexibility index (Phi) is 4.84. The SMILES string of the molecule is O=C(O)C[C@@H](NC(=O)c1cc(F)c(F)c(F)c1F)C(=O)O. The van der Waals surface area contributed by atoms with Gasteiger partial charge in [0.1, 0.15) is 6.04 Å². The van der Waals surface area contributed by atoms with E-state index < -0.39 is 59.1 Å². The summed E-state index contributed by atoms with van der Waals surface area (Å²) in [7, 11) is 0. The number of carboxylic acids is 2. The fourth-order valence-electron chi connectivity index (χ4n) is 1.35. The Bertz CT molecular complexity index is 619. The molecule has 1 rings (SSSR count). The molecular weight excluding hydrogens is 302 g/mol. The first kappa shape index (κ1) is 16.4. The zero-order valence-corrected chi connectivity index (χ0v) is 9.99. The van der Waals surface area contributed by atoms with Crippen LogP contribution >= 0.6 is 0 Å². The number of nitrogens with one attached hydrogen (secondary N) is 1. The molecule has 1 aromatic rings. The van der Waals surface area contributed by atoms with Crippen molar-refractivity contribution in [3.63, 3.8) is 0 Å². The van der Waals surface area contributed by atoms with E-state index in [1.807, 2.05) is 0 Å². The average Bonchev–Trinajstić information content (AvgIpc) is 2.38. The third-order valence-corrected chi connectivity index (χ3v) is 2.33. The van der Waals surface area contributed by atoms with E-state index in [1.165, 1.54) is 0 Å². The Morgan fingerprint density at radius 3 is 2.10 bits per heavy atom. The van der Waals surface area contributed by atoms with Gasteiger partial charge >= 0.3 is 11.9 Å². The summed E-state index contributed by atoms with van der Waals surface area (Å²) in [6.07, 6.45) is -1.05. The topological polar surface area (TPSA) is 104 Å². The highest BCUT2D eigenvalue weighted by molar-refractivity contribution is 5.97. The first-order valence-corrected chi connectivity index (χ1v) is 5.23. The molecule has 1 aromatic carbocycles. The van der Waals surface area contributed by atoms with E-state index in [2.05, 4.69) is 0 Å². The highest BCUT2D eigenvalue weighted by Gasteiger charge is 2.27. The molecule has 1 atom stereocenters. The fraction of sp³-hybridized carbons (Fsp3) is 0.182. The lowest BCUT2D eigenvalue weighted by Crippen LogP contribution is -2.42. The maximum atomic E-state index is 13.3. The third kappa shape index (κ3) is 3.68. The lowest BCUT2D eigenvalue weighted by atomic mass is 10.1. The number of carbonyl (C=O) groups excluding carboxylic acids is 1. The van der Waals surface area contributed by atoms with Crippen LogP contribution in [0.2, 0.25) is 0 Å². The Hall–Kier alpha value is -2.65. The molecule has 0 unspecified atom stereocenters. The van der Waals surface area contributed by atoms with E-state index in [-0.39, 0.29) is 6.07 Å². The first-order valence-electron chi connectivity index (χ1n) is 5.23. The van der Waals surface area contributed by atoms with Crippen LogP contribution in [0.3, 0.4) is 0 Å². The van der Waals surface area contributed by atoms with Crippen molar-refractivity contribution in [2.24, 2.45) is 0 Å². The number of halogens is 4. The van der Waals surface area contributed by atoms with E-state index in [9.17, 15) is 31.9 Å². The van der Waals surface area contributed by atoms with Crippen molar-refractivity contribution in [3.05, 3.63) is 34.9 Å². The lowest BCUT2D eigenvalue weighted by molar-refractivity contribution is -0.145. The molecule has 0 aliphatic rings. The maximum Gasteiger partial charge on any atom is 0.326 e. The zero-order chi connectivity index (χ0) is 16.3. The fourth-order valence-corrected chi connectivity index (χ4v) is 1.35. The molecule has 0 bridgehead atoms. The van der Waals surface area contributed by atoms with E-state index in [0.717, 1.165) is 0 Å². The minimum Gasteiger partial charge on any atom is -0.481 e. The molecule has 0 aliphatic carbocycles. The van der Waals surface area contributed by atoms with Crippen molar-refractivity contribution < 1.29 is 42.2 Å². The average molecular weight is 309 g/mol. The largest absolute Gasteiger partial charge is 0.481 e. The molecule has 114 valence electrons. The van der Waals surface area contributed by atoms with Gasteiger partial charge in [-0.25, -0.2) is 22.4 Å². The summed E-state index contributed by atoms with van der Waals surface area (Å²) in [5.74, 6) is -13.2. The van der Waals surface area contributed by atoms with Crippen LogP contribution in [0.15, 0.2) is 6.07 Å². The van der Waals surface area contributed by atoms with Crippen LogP contribution in [0, 0.1) is 23.3 Å². The van der Waals surface area contributed by atoms with Gasteiger partial charge in [0.15, 0.2) is 23.3 Å². The van der Waals surface area contributed by atoms with Crippen LogP contribution in [-0.2, 0) is 9.59 Å². The second-order valence-corrected chi connectivity index (χ2v) is 3.81. The van der Waals surface area contributed by atoms with E-state index >= 15 is 0 Å². The van der Waals surface area contributed by atoms with Gasteiger partial charge in [-0.2, -0.15) is 0 Å². The van der Waals surface area contributed by atoms with Crippen molar-refractivity contribution in [1.82, 2.24) is 5.32 Å². The molecule has 0 heterocycles. The summed E-state index contributed by atoms with van der Waals surface area (Å²) in [6.45, 7) is 0. The Morgan fingerprint density at radius 1 is 1.05 bits per heavy atom. The number of carbonyl (C=O) groups is 3. The summed E-state index contributed by atoms with van der Waals surface area (Å²) >= 11 is 0. The van der Waals surface area contributed by atoms with Gasteiger partial charge in [-0.3, -0.25) is 9.59 Å². The van der Waals surface area contributed by atoms with Crippen LogP contribution in [0.4, 0.5) is 17.6 Å². The quantitative estimate of drug-likeness (QED) is 0.426. The highest BCUT2D eigenvalue weighted by atomic mass is 19.2. The molecule has 1 amide bonds. The van der Waals surface area contributed by atoms with E-state index in [0.29, 0.717) is 0 Å². The molecule has 10 heteroatoms. The van der Waals surface area contributed by atoms with Crippen molar-refractivity contribution >= 4 is 17.8 Å². The van der Waals surface area contributed by atoms with Gasteiger partial charge in [0, 0.05) is 0 Å². The standard InChI is InChI=1S/C11H7F4NO5/c12-4-1-3(7(13)9(15)8(4)14)10(19)16-5(11(20)21)2-6(17)18/h1,5H,2H2,(H,16,19)(H,17,18)(H,20,21)/t5-/m1/s1. The number of hydrogen-bond acceptors (Lipinski definition) is 3. The van der Waals surface area contributed by atoms with Gasteiger partial charge in [0.25, 0.3) is 5.91 Å².